The first kappa shape index (κ1) is 12.7. The molecule has 0 amide bonds. The second-order valence-electron chi connectivity index (χ2n) is 3.89. The normalized spacial score (nSPS) is 9.89. The zero-order valence-corrected chi connectivity index (χ0v) is 9.93. The van der Waals surface area contributed by atoms with Crippen LogP contribution in [0.25, 0.3) is 0 Å². The van der Waals surface area contributed by atoms with Gasteiger partial charge in [0.05, 0.1) is 11.6 Å². The number of nitrogen functional groups attached to an aromatic ring is 1. The van der Waals surface area contributed by atoms with Crippen molar-refractivity contribution in [2.24, 2.45) is 0 Å². The number of para-hydroxylation sites is 1. The highest BCUT2D eigenvalue weighted by molar-refractivity contribution is 5.61. The molecule has 96 valence electrons. The summed E-state index contributed by atoms with van der Waals surface area (Å²) in [7, 11) is 0. The van der Waals surface area contributed by atoms with Crippen molar-refractivity contribution in [1.29, 1.82) is 5.26 Å². The number of anilines is 1. The van der Waals surface area contributed by atoms with Crippen molar-refractivity contribution in [2.75, 3.05) is 5.73 Å². The molecule has 2 aromatic carbocycles. The molecule has 0 aliphatic rings. The number of nitrogens with two attached hydrogens (primary N) is 1. The lowest BCUT2D eigenvalue weighted by atomic mass is 10.1. The topological polar surface area (TPSA) is 79.3 Å². The monoisotopic (exact) mass is 258 g/mol. The molecule has 0 saturated heterocycles. The van der Waals surface area contributed by atoms with Gasteiger partial charge in [-0.05, 0) is 30.3 Å². The van der Waals surface area contributed by atoms with Gasteiger partial charge in [0.15, 0.2) is 0 Å². The minimum atomic E-state index is -0.443. The number of nitriles is 1. The van der Waals surface area contributed by atoms with E-state index < -0.39 is 5.82 Å². The number of ether oxygens (including phenoxy) is 1. The molecule has 0 fully saturated rings. The summed E-state index contributed by atoms with van der Waals surface area (Å²) in [6.45, 7) is -0.00565. The molecule has 0 aliphatic heterocycles. The molecule has 0 aromatic heterocycles. The fourth-order valence-corrected chi connectivity index (χ4v) is 1.60. The van der Waals surface area contributed by atoms with Gasteiger partial charge in [0.25, 0.3) is 0 Å². The lowest BCUT2D eigenvalue weighted by Crippen LogP contribution is -2.01. The van der Waals surface area contributed by atoms with E-state index in [0.29, 0.717) is 11.1 Å². The van der Waals surface area contributed by atoms with Crippen molar-refractivity contribution in [3.63, 3.8) is 0 Å². The Kier molecular flexibility index (Phi) is 3.53. The summed E-state index contributed by atoms with van der Waals surface area (Å²) >= 11 is 0. The van der Waals surface area contributed by atoms with E-state index in [0.717, 1.165) is 0 Å². The summed E-state index contributed by atoms with van der Waals surface area (Å²) in [6.07, 6.45) is 0. The van der Waals surface area contributed by atoms with Crippen LogP contribution in [0.4, 0.5) is 10.1 Å². The van der Waals surface area contributed by atoms with Crippen molar-refractivity contribution < 1.29 is 14.2 Å². The van der Waals surface area contributed by atoms with Gasteiger partial charge in [0, 0.05) is 5.56 Å². The molecule has 2 aromatic rings. The number of phenols is 1. The Balaban J connectivity index is 2.21. The maximum absolute atomic E-state index is 13.1. The Morgan fingerprint density at radius 2 is 2.11 bits per heavy atom. The quantitative estimate of drug-likeness (QED) is 0.655. The molecule has 0 spiro atoms. The largest absolute Gasteiger partial charge is 0.506 e. The van der Waals surface area contributed by atoms with Gasteiger partial charge in [-0.3, -0.25) is 0 Å². The second-order valence-corrected chi connectivity index (χ2v) is 3.89. The Hall–Kier alpha value is -2.74. The number of hydrogen-bond acceptors (Lipinski definition) is 4. The summed E-state index contributed by atoms with van der Waals surface area (Å²) in [5, 5.41) is 18.3. The lowest BCUT2D eigenvalue weighted by molar-refractivity contribution is 0.305. The number of rotatable bonds is 3. The number of hydrogen-bond donors (Lipinski definition) is 2. The Morgan fingerprint density at radius 3 is 2.84 bits per heavy atom. The molecular weight excluding hydrogens is 247 g/mol. The Bertz CT molecular complexity index is 650. The van der Waals surface area contributed by atoms with Gasteiger partial charge in [-0.25, -0.2) is 4.39 Å². The third kappa shape index (κ3) is 2.75. The molecule has 0 bridgehead atoms. The van der Waals surface area contributed by atoms with E-state index in [1.807, 2.05) is 6.07 Å². The number of halogens is 1. The van der Waals surface area contributed by atoms with E-state index in [2.05, 4.69) is 0 Å². The molecular formula is C14H11FN2O2. The predicted molar refractivity (Wildman–Crippen MR) is 68.0 cm³/mol. The molecule has 5 heteroatoms. The summed E-state index contributed by atoms with van der Waals surface area (Å²) in [4.78, 5) is 0. The summed E-state index contributed by atoms with van der Waals surface area (Å²) in [5.74, 6) is -0.244. The highest BCUT2D eigenvalue weighted by atomic mass is 19.1. The van der Waals surface area contributed by atoms with E-state index in [4.69, 9.17) is 15.7 Å². The van der Waals surface area contributed by atoms with Crippen LogP contribution in [0.3, 0.4) is 0 Å². The van der Waals surface area contributed by atoms with Crippen LogP contribution in [-0.2, 0) is 6.61 Å². The zero-order chi connectivity index (χ0) is 13.8. The smallest absolute Gasteiger partial charge is 0.146 e. The van der Waals surface area contributed by atoms with Crippen LogP contribution in [0.2, 0.25) is 0 Å². The van der Waals surface area contributed by atoms with Gasteiger partial charge in [-0.15, -0.1) is 0 Å². The van der Waals surface area contributed by atoms with Crippen molar-refractivity contribution in [1.82, 2.24) is 0 Å². The fraction of sp³-hybridized carbons (Fsp3) is 0.0714. The summed E-state index contributed by atoms with van der Waals surface area (Å²) < 4.78 is 18.5. The van der Waals surface area contributed by atoms with Gasteiger partial charge in [0.1, 0.15) is 29.6 Å². The van der Waals surface area contributed by atoms with E-state index in [-0.39, 0.29) is 23.8 Å². The van der Waals surface area contributed by atoms with Gasteiger partial charge >= 0.3 is 0 Å². The minimum absolute atomic E-state index is 0.00565. The number of benzene rings is 2. The average molecular weight is 258 g/mol. The molecule has 2 rings (SSSR count). The first-order valence-electron chi connectivity index (χ1n) is 5.50. The first-order valence-corrected chi connectivity index (χ1v) is 5.50. The van der Waals surface area contributed by atoms with E-state index in [9.17, 15) is 9.50 Å². The van der Waals surface area contributed by atoms with Crippen LogP contribution in [0, 0.1) is 17.1 Å². The third-order valence-electron chi connectivity index (χ3n) is 2.61. The highest BCUT2D eigenvalue weighted by Gasteiger charge is 2.08. The lowest BCUT2D eigenvalue weighted by Gasteiger charge is -2.10. The molecule has 0 heterocycles. The maximum Gasteiger partial charge on any atom is 0.146 e. The first-order chi connectivity index (χ1) is 9.11. The molecule has 0 aliphatic carbocycles. The van der Waals surface area contributed by atoms with E-state index in [1.54, 1.807) is 12.1 Å². The van der Waals surface area contributed by atoms with Crippen molar-refractivity contribution in [3.8, 4) is 17.6 Å². The Labute approximate surface area is 109 Å². The van der Waals surface area contributed by atoms with Crippen molar-refractivity contribution in [3.05, 3.63) is 53.3 Å². The molecule has 0 unspecified atom stereocenters. The van der Waals surface area contributed by atoms with Gasteiger partial charge < -0.3 is 15.6 Å². The van der Waals surface area contributed by atoms with Gasteiger partial charge in [-0.2, -0.15) is 5.26 Å². The van der Waals surface area contributed by atoms with Crippen molar-refractivity contribution in [2.45, 2.75) is 6.61 Å². The number of phenolic OH excluding ortho intramolecular Hbond substituents is 1. The van der Waals surface area contributed by atoms with Gasteiger partial charge in [-0.1, -0.05) is 6.07 Å². The second kappa shape index (κ2) is 5.27. The third-order valence-corrected chi connectivity index (χ3v) is 2.61. The SMILES string of the molecule is N#Cc1ccc(F)cc1COc1cccc(O)c1N. The zero-order valence-electron chi connectivity index (χ0n) is 9.93. The van der Waals surface area contributed by atoms with E-state index >= 15 is 0 Å². The van der Waals surface area contributed by atoms with Crippen LogP contribution < -0.4 is 10.5 Å². The average Bonchev–Trinajstić information content (AvgIpc) is 2.40. The molecule has 4 nitrogen and oxygen atoms in total. The summed E-state index contributed by atoms with van der Waals surface area (Å²) in [6, 6.07) is 10.4. The van der Waals surface area contributed by atoms with Crippen LogP contribution in [-0.4, -0.2) is 5.11 Å². The molecule has 0 radical (unpaired) electrons. The fourth-order valence-electron chi connectivity index (χ4n) is 1.60. The molecule has 0 atom stereocenters. The van der Waals surface area contributed by atoms with Crippen molar-refractivity contribution >= 4 is 5.69 Å². The predicted octanol–water partition coefficient (Wildman–Crippen LogP) is 2.56. The number of aromatic hydroxyl groups is 1. The molecule has 3 N–H and O–H groups in total. The molecule has 0 saturated carbocycles. The maximum atomic E-state index is 13.1. The van der Waals surface area contributed by atoms with Crippen LogP contribution in [0.1, 0.15) is 11.1 Å². The summed E-state index contributed by atoms with van der Waals surface area (Å²) in [5.41, 5.74) is 6.50. The Morgan fingerprint density at radius 1 is 1.32 bits per heavy atom. The number of nitrogens with zero attached hydrogens (tertiary/aromatic N) is 1. The van der Waals surface area contributed by atoms with E-state index in [1.165, 1.54) is 24.3 Å². The highest BCUT2D eigenvalue weighted by Crippen LogP contribution is 2.30. The van der Waals surface area contributed by atoms with Crippen LogP contribution >= 0.6 is 0 Å². The molecule has 19 heavy (non-hydrogen) atoms. The van der Waals surface area contributed by atoms with Crippen LogP contribution in [0.5, 0.6) is 11.5 Å². The van der Waals surface area contributed by atoms with Crippen LogP contribution in [0.15, 0.2) is 36.4 Å². The standard InChI is InChI=1S/C14H11FN2O2/c15-11-5-4-9(7-16)10(6-11)8-19-13-3-1-2-12(18)14(13)17/h1-6,18H,8,17H2. The van der Waals surface area contributed by atoms with Gasteiger partial charge in [0.2, 0.25) is 0 Å². The minimum Gasteiger partial charge on any atom is -0.506 e.